The van der Waals surface area contributed by atoms with Crippen molar-refractivity contribution >= 4 is 23.0 Å². The molecule has 0 amide bonds. The van der Waals surface area contributed by atoms with Crippen LogP contribution in [0.4, 0.5) is 11.4 Å². The first kappa shape index (κ1) is 14.9. The molecule has 2 aromatic carbocycles. The molecule has 0 saturated carbocycles. The number of para-hydroxylation sites is 1. The lowest BCUT2D eigenvalue weighted by atomic mass is 9.98. The minimum Gasteiger partial charge on any atom is -0.258 e. The van der Waals surface area contributed by atoms with Crippen LogP contribution in [-0.2, 0) is 6.42 Å². The van der Waals surface area contributed by atoms with Crippen LogP contribution in [-0.4, -0.2) is 9.85 Å². The van der Waals surface area contributed by atoms with Crippen LogP contribution in [0.25, 0.3) is 0 Å². The van der Waals surface area contributed by atoms with Crippen LogP contribution in [0.1, 0.15) is 16.7 Å². The van der Waals surface area contributed by atoms with Crippen LogP contribution in [0, 0.1) is 27.2 Å². The zero-order valence-electron chi connectivity index (χ0n) is 11.1. The summed E-state index contributed by atoms with van der Waals surface area (Å²) in [6.45, 7) is 1.73. The Morgan fingerprint density at radius 1 is 1.05 bits per heavy atom. The molecule has 0 aromatic heterocycles. The summed E-state index contributed by atoms with van der Waals surface area (Å²) >= 11 is 5.86. The Morgan fingerprint density at radius 3 is 2.33 bits per heavy atom. The van der Waals surface area contributed by atoms with E-state index >= 15 is 0 Å². The van der Waals surface area contributed by atoms with Crippen molar-refractivity contribution in [3.63, 3.8) is 0 Å². The molecule has 0 unspecified atom stereocenters. The summed E-state index contributed by atoms with van der Waals surface area (Å²) in [7, 11) is 0. The Morgan fingerprint density at radius 2 is 1.71 bits per heavy atom. The third-order valence-electron chi connectivity index (χ3n) is 3.20. The van der Waals surface area contributed by atoms with Crippen molar-refractivity contribution in [1.82, 2.24) is 0 Å². The Kier molecular flexibility index (Phi) is 4.18. The van der Waals surface area contributed by atoms with Crippen LogP contribution in [0.5, 0.6) is 0 Å². The maximum absolute atomic E-state index is 11.1. The van der Waals surface area contributed by atoms with Crippen molar-refractivity contribution in [2.45, 2.75) is 13.3 Å². The summed E-state index contributed by atoms with van der Waals surface area (Å²) in [6.07, 6.45) is 0.0832. The third kappa shape index (κ3) is 3.00. The SMILES string of the molecule is Cc1cccc([N+](=O)[O-])c1Cc1cccc(Cl)c1[N+](=O)[O-]. The van der Waals surface area contributed by atoms with Crippen LogP contribution >= 0.6 is 11.6 Å². The first-order chi connectivity index (χ1) is 9.91. The van der Waals surface area contributed by atoms with E-state index in [1.165, 1.54) is 12.1 Å². The summed E-state index contributed by atoms with van der Waals surface area (Å²) in [6, 6.07) is 9.28. The van der Waals surface area contributed by atoms with Gasteiger partial charge in [-0.1, -0.05) is 35.9 Å². The lowest BCUT2D eigenvalue weighted by molar-refractivity contribution is -0.386. The van der Waals surface area contributed by atoms with E-state index in [0.717, 1.165) is 0 Å². The molecule has 2 rings (SSSR count). The van der Waals surface area contributed by atoms with Crippen molar-refractivity contribution < 1.29 is 9.85 Å². The van der Waals surface area contributed by atoms with Crippen molar-refractivity contribution in [2.75, 3.05) is 0 Å². The van der Waals surface area contributed by atoms with Gasteiger partial charge in [0.15, 0.2) is 0 Å². The highest BCUT2D eigenvalue weighted by atomic mass is 35.5. The van der Waals surface area contributed by atoms with E-state index < -0.39 is 9.85 Å². The highest BCUT2D eigenvalue weighted by molar-refractivity contribution is 6.32. The van der Waals surface area contributed by atoms with E-state index in [9.17, 15) is 20.2 Å². The maximum atomic E-state index is 11.1. The van der Waals surface area contributed by atoms with Crippen molar-refractivity contribution in [1.29, 1.82) is 0 Å². The van der Waals surface area contributed by atoms with Gasteiger partial charge in [-0.3, -0.25) is 20.2 Å². The fourth-order valence-corrected chi connectivity index (χ4v) is 2.45. The number of hydrogen-bond acceptors (Lipinski definition) is 4. The second-order valence-electron chi connectivity index (χ2n) is 4.51. The Balaban J connectivity index is 2.56. The van der Waals surface area contributed by atoms with Gasteiger partial charge in [0.1, 0.15) is 5.02 Å². The largest absolute Gasteiger partial charge is 0.291 e. The van der Waals surface area contributed by atoms with Crippen molar-refractivity contribution in [3.8, 4) is 0 Å². The number of nitrogens with zero attached hydrogens (tertiary/aromatic N) is 2. The number of halogens is 1. The molecule has 0 spiro atoms. The zero-order chi connectivity index (χ0) is 15.6. The second-order valence-corrected chi connectivity index (χ2v) is 4.92. The molecule has 0 aliphatic heterocycles. The van der Waals surface area contributed by atoms with E-state index in [2.05, 4.69) is 0 Å². The fourth-order valence-electron chi connectivity index (χ4n) is 2.19. The minimum atomic E-state index is -0.568. The molecular formula is C14H11ClN2O4. The quantitative estimate of drug-likeness (QED) is 0.629. The molecule has 0 bridgehead atoms. The fraction of sp³-hybridized carbons (Fsp3) is 0.143. The minimum absolute atomic E-state index is 0.0220. The lowest BCUT2D eigenvalue weighted by Gasteiger charge is -2.08. The van der Waals surface area contributed by atoms with E-state index in [0.29, 0.717) is 16.7 Å². The van der Waals surface area contributed by atoms with Gasteiger partial charge in [-0.2, -0.15) is 0 Å². The predicted octanol–water partition coefficient (Wildman–Crippen LogP) is 4.06. The number of rotatable bonds is 4. The number of aryl methyl sites for hydroxylation is 1. The molecule has 2 aromatic rings. The van der Waals surface area contributed by atoms with E-state index in [1.807, 2.05) is 0 Å². The highest BCUT2D eigenvalue weighted by Gasteiger charge is 2.22. The number of hydrogen-bond donors (Lipinski definition) is 0. The first-order valence-corrected chi connectivity index (χ1v) is 6.44. The molecular weight excluding hydrogens is 296 g/mol. The van der Waals surface area contributed by atoms with Gasteiger partial charge in [-0.25, -0.2) is 0 Å². The number of nitro groups is 2. The molecule has 0 heterocycles. The maximum Gasteiger partial charge on any atom is 0.291 e. The molecule has 7 heteroatoms. The number of nitro benzene ring substituents is 2. The molecule has 0 aliphatic rings. The van der Waals surface area contributed by atoms with Gasteiger partial charge in [-0.05, 0) is 18.6 Å². The smallest absolute Gasteiger partial charge is 0.258 e. The van der Waals surface area contributed by atoms with Crippen LogP contribution in [0.3, 0.4) is 0 Å². The third-order valence-corrected chi connectivity index (χ3v) is 3.51. The van der Waals surface area contributed by atoms with E-state index in [4.69, 9.17) is 11.6 Å². The van der Waals surface area contributed by atoms with E-state index in [-0.39, 0.29) is 22.8 Å². The van der Waals surface area contributed by atoms with E-state index in [1.54, 1.807) is 31.2 Å². The summed E-state index contributed by atoms with van der Waals surface area (Å²) in [5, 5.41) is 22.2. The Hall–Kier alpha value is -2.47. The Labute approximate surface area is 125 Å². The average Bonchev–Trinajstić information content (AvgIpc) is 2.40. The topological polar surface area (TPSA) is 86.3 Å². The van der Waals surface area contributed by atoms with Gasteiger partial charge in [0.05, 0.1) is 9.85 Å². The number of benzene rings is 2. The van der Waals surface area contributed by atoms with Gasteiger partial charge < -0.3 is 0 Å². The van der Waals surface area contributed by atoms with Crippen molar-refractivity contribution in [3.05, 3.63) is 78.3 Å². The van der Waals surface area contributed by atoms with Gasteiger partial charge in [0, 0.05) is 23.6 Å². The van der Waals surface area contributed by atoms with Gasteiger partial charge in [0.25, 0.3) is 11.4 Å². The normalized spacial score (nSPS) is 10.4. The molecule has 0 saturated heterocycles. The summed E-state index contributed by atoms with van der Waals surface area (Å²) in [5.74, 6) is 0. The molecule has 0 N–H and O–H groups in total. The second kappa shape index (κ2) is 5.88. The van der Waals surface area contributed by atoms with Crippen molar-refractivity contribution in [2.24, 2.45) is 0 Å². The summed E-state index contributed by atoms with van der Waals surface area (Å²) < 4.78 is 0. The van der Waals surface area contributed by atoms with Gasteiger partial charge in [-0.15, -0.1) is 0 Å². The zero-order valence-corrected chi connectivity index (χ0v) is 11.8. The highest BCUT2D eigenvalue weighted by Crippen LogP contribution is 2.32. The molecule has 0 radical (unpaired) electrons. The van der Waals surface area contributed by atoms with Gasteiger partial charge in [0.2, 0.25) is 0 Å². The molecule has 0 aliphatic carbocycles. The predicted molar refractivity (Wildman–Crippen MR) is 78.7 cm³/mol. The molecule has 21 heavy (non-hydrogen) atoms. The lowest BCUT2D eigenvalue weighted by Crippen LogP contribution is -2.02. The molecule has 0 fully saturated rings. The van der Waals surface area contributed by atoms with Crippen LogP contribution in [0.15, 0.2) is 36.4 Å². The summed E-state index contributed by atoms with van der Waals surface area (Å²) in [5.41, 5.74) is 1.25. The molecule has 108 valence electrons. The average molecular weight is 307 g/mol. The first-order valence-electron chi connectivity index (χ1n) is 6.06. The standard InChI is InChI=1S/C14H11ClN2O4/c1-9-4-2-7-13(16(18)19)11(9)8-10-5-3-6-12(15)14(10)17(20)21/h2-7H,8H2,1H3. The summed E-state index contributed by atoms with van der Waals surface area (Å²) in [4.78, 5) is 21.2. The van der Waals surface area contributed by atoms with Gasteiger partial charge >= 0.3 is 0 Å². The molecule has 0 atom stereocenters. The Bertz CT molecular complexity index is 731. The van der Waals surface area contributed by atoms with Crippen LogP contribution in [0.2, 0.25) is 5.02 Å². The molecule has 6 nitrogen and oxygen atoms in total. The van der Waals surface area contributed by atoms with Crippen LogP contribution < -0.4 is 0 Å². The monoisotopic (exact) mass is 306 g/mol.